The standard InChI is InChI=1S/C45H63ClN2O10S/c1-6-24-55-45-40(48(20-26-53-27-23-51)43(52)54-25-19-46)30-38(47-58-44(2,3)4)36-28-31(11-7-9-21-49)35(12-8-10-22-50)41(42(36)45)37-29-33(15-18-39(37)57-45)56-32-13-16-34(59-5)17-14-32/h6,13-18,28-29,31,35,40-42,49-51H,1,7-12,19-27,30H2,2-5H3/t31-,35+,40-,41+,42+,45+/m0/s1. The molecule has 3 N–H and O–H groups in total. The summed E-state index contributed by atoms with van der Waals surface area (Å²) in [5, 5.41) is 34.2. The number of alkyl halides is 1. The summed E-state index contributed by atoms with van der Waals surface area (Å²) < 4.78 is 32.2. The first-order valence-electron chi connectivity index (χ1n) is 20.8. The molecule has 2 aromatic rings. The minimum absolute atomic E-state index is 0.0121. The summed E-state index contributed by atoms with van der Waals surface area (Å²) in [6, 6.07) is 13.0. The number of hydrogen-bond acceptors (Lipinski definition) is 12. The summed E-state index contributed by atoms with van der Waals surface area (Å²) in [5.41, 5.74) is 1.91. The monoisotopic (exact) mass is 858 g/mol. The highest BCUT2D eigenvalue weighted by molar-refractivity contribution is 7.98. The second kappa shape index (κ2) is 22.5. The molecule has 2 aliphatic carbocycles. The summed E-state index contributed by atoms with van der Waals surface area (Å²) in [4.78, 5) is 23.1. The maximum Gasteiger partial charge on any atom is 0.410 e. The van der Waals surface area contributed by atoms with Crippen molar-refractivity contribution in [2.45, 2.75) is 94.0 Å². The Kier molecular flexibility index (Phi) is 17.8. The number of hydrogen-bond donors (Lipinski definition) is 3. The van der Waals surface area contributed by atoms with Crippen LogP contribution in [0.15, 0.2) is 76.8 Å². The molecule has 6 atom stereocenters. The molecule has 0 saturated heterocycles. The van der Waals surface area contributed by atoms with Gasteiger partial charge in [0, 0.05) is 42.6 Å². The molecule has 1 fully saturated rings. The predicted octanol–water partition coefficient (Wildman–Crippen LogP) is 8.32. The number of halogens is 1. The summed E-state index contributed by atoms with van der Waals surface area (Å²) in [6.45, 7) is 10.2. The Morgan fingerprint density at radius 3 is 2.41 bits per heavy atom. The number of carbonyl (C=O) groups excluding carboxylic acids is 1. The summed E-state index contributed by atoms with van der Waals surface area (Å²) in [5.74, 6) is -0.0638. The molecule has 1 heterocycles. The van der Waals surface area contributed by atoms with E-state index in [2.05, 4.69) is 18.7 Å². The molecule has 0 spiro atoms. The second-order valence-electron chi connectivity index (χ2n) is 16.1. The zero-order chi connectivity index (χ0) is 42.4. The molecule has 0 aromatic heterocycles. The molecule has 12 nitrogen and oxygen atoms in total. The van der Waals surface area contributed by atoms with Crippen molar-refractivity contribution in [3.8, 4) is 17.2 Å². The largest absolute Gasteiger partial charge is 0.459 e. The normalized spacial score (nSPS) is 24.0. The van der Waals surface area contributed by atoms with E-state index < -0.39 is 29.4 Å². The molecule has 0 bridgehead atoms. The third kappa shape index (κ3) is 11.8. The molecule has 1 amide bonds. The van der Waals surface area contributed by atoms with Gasteiger partial charge in [-0.25, -0.2) is 4.79 Å². The van der Waals surface area contributed by atoms with Crippen molar-refractivity contribution in [1.29, 1.82) is 0 Å². The molecule has 5 rings (SSSR count). The number of amides is 1. The highest BCUT2D eigenvalue weighted by Crippen LogP contribution is 2.62. The Morgan fingerprint density at radius 2 is 1.75 bits per heavy atom. The Labute approximate surface area is 358 Å². The Bertz CT molecular complexity index is 1720. The van der Waals surface area contributed by atoms with Gasteiger partial charge in [0.1, 0.15) is 35.5 Å². The fraction of sp³-hybridized carbons (Fsp3) is 0.600. The zero-order valence-corrected chi connectivity index (χ0v) is 36.6. The lowest BCUT2D eigenvalue weighted by molar-refractivity contribution is -0.256. The molecule has 1 aliphatic heterocycles. The Morgan fingerprint density at radius 1 is 1.02 bits per heavy atom. The smallest absolute Gasteiger partial charge is 0.410 e. The highest BCUT2D eigenvalue weighted by Gasteiger charge is 2.65. The van der Waals surface area contributed by atoms with Crippen LogP contribution >= 0.6 is 23.4 Å². The minimum Gasteiger partial charge on any atom is -0.459 e. The number of carbonyl (C=O) groups is 1. The van der Waals surface area contributed by atoms with Crippen molar-refractivity contribution in [3.63, 3.8) is 0 Å². The van der Waals surface area contributed by atoms with E-state index in [1.165, 1.54) is 0 Å². The van der Waals surface area contributed by atoms with Gasteiger partial charge in [0.2, 0.25) is 5.79 Å². The quantitative estimate of drug-likeness (QED) is 0.0326. The van der Waals surface area contributed by atoms with Gasteiger partial charge in [-0.15, -0.1) is 29.9 Å². The second-order valence-corrected chi connectivity index (χ2v) is 17.3. The van der Waals surface area contributed by atoms with Gasteiger partial charge in [-0.1, -0.05) is 30.1 Å². The van der Waals surface area contributed by atoms with Crippen molar-refractivity contribution in [1.82, 2.24) is 4.90 Å². The van der Waals surface area contributed by atoms with Gasteiger partial charge in [0.05, 0.1) is 43.9 Å². The molecular formula is C45H63ClN2O10S. The van der Waals surface area contributed by atoms with Gasteiger partial charge in [-0.2, -0.15) is 0 Å². The van der Waals surface area contributed by atoms with Gasteiger partial charge in [-0.05, 0) is 113 Å². The van der Waals surface area contributed by atoms with Crippen LogP contribution in [-0.4, -0.2) is 114 Å². The number of nitrogens with zero attached hydrogens (tertiary/aromatic N) is 2. The number of unbranched alkanes of at least 4 members (excludes halogenated alkanes) is 2. The van der Waals surface area contributed by atoms with Crippen LogP contribution in [0.4, 0.5) is 4.79 Å². The van der Waals surface area contributed by atoms with Crippen LogP contribution in [0, 0.1) is 17.8 Å². The molecule has 3 aliphatic rings. The molecule has 326 valence electrons. The van der Waals surface area contributed by atoms with Gasteiger partial charge < -0.3 is 43.8 Å². The lowest BCUT2D eigenvalue weighted by Crippen LogP contribution is -2.70. The van der Waals surface area contributed by atoms with Gasteiger partial charge in [0.25, 0.3) is 0 Å². The first kappa shape index (κ1) is 46.8. The first-order chi connectivity index (χ1) is 28.5. The summed E-state index contributed by atoms with van der Waals surface area (Å²) >= 11 is 7.69. The topological polar surface area (TPSA) is 149 Å². The molecule has 0 unspecified atom stereocenters. The third-order valence-electron chi connectivity index (χ3n) is 11.0. The molecule has 2 aromatic carbocycles. The SMILES string of the molecule is C=CCO[C@@]12Oc3ccc(Oc4ccc(SC)cc4)cc3[C@H]3[C@H](CCCCO)[C@@H](CCCCO)C=C(C(=NOC(C)(C)C)C[C@@H]1N(CCOCCO)C(=O)OCCCl)[C@H]32. The first-order valence-corrected chi connectivity index (χ1v) is 22.6. The summed E-state index contributed by atoms with van der Waals surface area (Å²) in [6.07, 6.45) is 10.1. The molecular weight excluding hydrogens is 796 g/mol. The fourth-order valence-corrected chi connectivity index (χ4v) is 9.08. The molecule has 1 saturated carbocycles. The van der Waals surface area contributed by atoms with Crippen LogP contribution in [0.2, 0.25) is 0 Å². The van der Waals surface area contributed by atoms with Crippen molar-refractivity contribution in [3.05, 3.63) is 72.3 Å². The van der Waals surface area contributed by atoms with E-state index in [0.717, 1.165) is 41.7 Å². The van der Waals surface area contributed by atoms with E-state index in [9.17, 15) is 20.1 Å². The molecule has 14 heteroatoms. The highest BCUT2D eigenvalue weighted by atomic mass is 35.5. The number of aliphatic hydroxyl groups excluding tert-OH is 3. The van der Waals surface area contributed by atoms with E-state index in [0.29, 0.717) is 35.8 Å². The Balaban J connectivity index is 1.77. The number of oxime groups is 1. The predicted molar refractivity (Wildman–Crippen MR) is 231 cm³/mol. The van der Waals surface area contributed by atoms with Crippen molar-refractivity contribution < 1.29 is 48.6 Å². The number of aliphatic hydroxyl groups is 3. The van der Waals surface area contributed by atoms with Crippen LogP contribution < -0.4 is 9.47 Å². The van der Waals surface area contributed by atoms with E-state index in [1.54, 1.807) is 22.7 Å². The van der Waals surface area contributed by atoms with E-state index in [4.69, 9.17) is 45.3 Å². The average Bonchev–Trinajstić information content (AvgIpc) is 3.22. The summed E-state index contributed by atoms with van der Waals surface area (Å²) in [7, 11) is 0. The molecule has 59 heavy (non-hydrogen) atoms. The van der Waals surface area contributed by atoms with Crippen LogP contribution in [0.3, 0.4) is 0 Å². The maximum atomic E-state index is 14.2. The van der Waals surface area contributed by atoms with E-state index >= 15 is 0 Å². The number of ether oxygens (including phenoxy) is 5. The van der Waals surface area contributed by atoms with Crippen LogP contribution in [0.1, 0.15) is 77.2 Å². The number of benzene rings is 2. The minimum atomic E-state index is -1.48. The van der Waals surface area contributed by atoms with Crippen molar-refractivity contribution >= 4 is 35.2 Å². The molecule has 0 radical (unpaired) electrons. The van der Waals surface area contributed by atoms with Crippen LogP contribution in [0.25, 0.3) is 0 Å². The lowest BCUT2D eigenvalue weighted by atomic mass is 9.55. The van der Waals surface area contributed by atoms with Crippen molar-refractivity contribution in [2.24, 2.45) is 22.9 Å². The number of allylic oxidation sites excluding steroid dienone is 1. The zero-order valence-electron chi connectivity index (χ0n) is 35.0. The van der Waals surface area contributed by atoms with Gasteiger partial charge >= 0.3 is 6.09 Å². The van der Waals surface area contributed by atoms with Crippen LogP contribution in [-0.2, 0) is 19.0 Å². The Hall–Kier alpha value is -3.30. The number of thioether (sulfide) groups is 1. The maximum absolute atomic E-state index is 14.2. The lowest BCUT2D eigenvalue weighted by Gasteiger charge is -2.59. The number of rotatable bonds is 23. The third-order valence-corrected chi connectivity index (χ3v) is 11.9. The van der Waals surface area contributed by atoms with E-state index in [1.807, 2.05) is 63.4 Å². The number of fused-ring (bicyclic) bond motifs is 2. The average molecular weight is 860 g/mol. The van der Waals surface area contributed by atoms with Gasteiger partial charge in [-0.3, -0.25) is 4.90 Å². The van der Waals surface area contributed by atoms with Gasteiger partial charge in [0.15, 0.2) is 0 Å². The van der Waals surface area contributed by atoms with E-state index in [-0.39, 0.29) is 82.8 Å². The van der Waals surface area contributed by atoms with Crippen molar-refractivity contribution in [2.75, 3.05) is 64.9 Å². The fourth-order valence-electron chi connectivity index (χ4n) is 8.60. The van der Waals surface area contributed by atoms with Crippen LogP contribution in [0.5, 0.6) is 17.2 Å².